The van der Waals surface area contributed by atoms with Gasteiger partial charge in [-0.3, -0.25) is 14.4 Å². The Morgan fingerprint density at radius 2 is 1.49 bits per heavy atom. The fourth-order valence-electron chi connectivity index (χ4n) is 6.24. The van der Waals surface area contributed by atoms with Crippen LogP contribution < -0.4 is 35.3 Å². The predicted octanol–water partition coefficient (Wildman–Crippen LogP) is 5.66. The maximum absolute atomic E-state index is 13.5. The number of carbonyl (C=O) groups excluding carboxylic acids is 2. The van der Waals surface area contributed by atoms with Crippen molar-refractivity contribution in [2.45, 2.75) is 18.9 Å². The van der Waals surface area contributed by atoms with Crippen LogP contribution in [0.5, 0.6) is 17.2 Å². The Labute approximate surface area is 265 Å². The van der Waals surface area contributed by atoms with Crippen molar-refractivity contribution in [3.8, 4) is 17.2 Å². The van der Waals surface area contributed by atoms with E-state index in [1.165, 1.54) is 14.2 Å². The minimum atomic E-state index is -0.412. The van der Waals surface area contributed by atoms with Gasteiger partial charge in [0.1, 0.15) is 17.2 Å². The van der Waals surface area contributed by atoms with E-state index in [0.29, 0.717) is 64.4 Å². The summed E-state index contributed by atoms with van der Waals surface area (Å²) in [6.07, 6.45) is 0.986. The van der Waals surface area contributed by atoms with Crippen molar-refractivity contribution in [2.75, 3.05) is 50.0 Å². The van der Waals surface area contributed by atoms with Gasteiger partial charge in [-0.1, -0.05) is 17.7 Å². The molecule has 232 valence electrons. The van der Waals surface area contributed by atoms with Crippen LogP contribution in [-0.2, 0) is 6.54 Å². The number of benzene rings is 3. The van der Waals surface area contributed by atoms with Crippen molar-refractivity contribution in [1.82, 2.24) is 4.57 Å². The highest BCUT2D eigenvalue weighted by molar-refractivity contribution is 6.32. The van der Waals surface area contributed by atoms with E-state index in [0.717, 1.165) is 17.8 Å². The molecule has 1 saturated heterocycles. The highest BCUT2D eigenvalue weighted by Crippen LogP contribution is 2.40. The van der Waals surface area contributed by atoms with Gasteiger partial charge < -0.3 is 34.3 Å². The molecular weight excluding hydrogens is 596 g/mol. The van der Waals surface area contributed by atoms with Crippen LogP contribution in [0.4, 0.5) is 17.1 Å². The number of nitrogens with zero attached hydrogens (tertiary/aromatic N) is 2. The van der Waals surface area contributed by atoms with Gasteiger partial charge in [-0.05, 0) is 66.9 Å². The zero-order valence-electron chi connectivity index (χ0n) is 25.1. The number of aromatic nitrogens is 1. The maximum Gasteiger partial charge on any atom is 0.255 e. The molecule has 0 spiro atoms. The standard InChI is InChI=1S/C34H33ClN4O6/c1-43-24-10-7-21(8-11-24)33(41)36-26-14-22(34(42)37-27-15-25(35)30(44-2)16-31(27)45-3)9-12-29(26)38-17-20-13-23(19-38)28-5-4-6-32(40)39(28)18-20/h4-12,14-16,20,23H,13,17-19H2,1-3H3,(H,36,41)(H,37,42). The van der Waals surface area contributed by atoms with Crippen molar-refractivity contribution in [1.29, 1.82) is 0 Å². The Kier molecular flexibility index (Phi) is 8.40. The molecule has 0 radical (unpaired) electrons. The molecule has 3 aromatic carbocycles. The highest BCUT2D eigenvalue weighted by atomic mass is 35.5. The Bertz CT molecular complexity index is 1820. The van der Waals surface area contributed by atoms with Crippen LogP contribution in [0, 0.1) is 5.92 Å². The Morgan fingerprint density at radius 1 is 0.778 bits per heavy atom. The summed E-state index contributed by atoms with van der Waals surface area (Å²) in [5.74, 6) is 1.12. The summed E-state index contributed by atoms with van der Waals surface area (Å²) in [5.41, 5.74) is 3.47. The number of nitrogens with one attached hydrogen (secondary N) is 2. The molecule has 2 amide bonds. The number of ether oxygens (including phenoxy) is 3. The summed E-state index contributed by atoms with van der Waals surface area (Å²) in [7, 11) is 4.55. The lowest BCUT2D eigenvalue weighted by Crippen LogP contribution is -2.47. The van der Waals surface area contributed by atoms with Crippen LogP contribution in [-0.4, -0.2) is 50.8 Å². The molecule has 1 aromatic heterocycles. The smallest absolute Gasteiger partial charge is 0.255 e. The average molecular weight is 629 g/mol. The quantitative estimate of drug-likeness (QED) is 0.259. The maximum atomic E-state index is 13.5. The molecule has 4 aromatic rings. The zero-order valence-corrected chi connectivity index (χ0v) is 25.9. The van der Waals surface area contributed by atoms with E-state index < -0.39 is 5.91 Å². The Morgan fingerprint density at radius 3 is 2.22 bits per heavy atom. The molecule has 0 saturated carbocycles. The molecule has 3 heterocycles. The van der Waals surface area contributed by atoms with E-state index in [1.54, 1.807) is 61.7 Å². The molecular formula is C34H33ClN4O6. The van der Waals surface area contributed by atoms with Crippen LogP contribution in [0.2, 0.25) is 5.02 Å². The highest BCUT2D eigenvalue weighted by Gasteiger charge is 2.35. The third-order valence-electron chi connectivity index (χ3n) is 8.40. The second kappa shape index (κ2) is 12.6. The van der Waals surface area contributed by atoms with Gasteiger partial charge >= 0.3 is 0 Å². The summed E-state index contributed by atoms with van der Waals surface area (Å²) >= 11 is 6.32. The number of hydrogen-bond acceptors (Lipinski definition) is 7. The van der Waals surface area contributed by atoms with Crippen molar-refractivity contribution in [3.63, 3.8) is 0 Å². The fourth-order valence-corrected chi connectivity index (χ4v) is 6.48. The lowest BCUT2D eigenvalue weighted by molar-refractivity contribution is 0.101. The minimum Gasteiger partial charge on any atom is -0.497 e. The number of hydrogen-bond donors (Lipinski definition) is 2. The van der Waals surface area contributed by atoms with Gasteiger partial charge in [-0.25, -0.2) is 0 Å². The van der Waals surface area contributed by atoms with Gasteiger partial charge in [0.15, 0.2) is 0 Å². The Balaban J connectivity index is 1.33. The molecule has 10 nitrogen and oxygen atoms in total. The topological polar surface area (TPSA) is 111 Å². The lowest BCUT2D eigenvalue weighted by atomic mass is 9.83. The van der Waals surface area contributed by atoms with Crippen molar-refractivity contribution in [3.05, 3.63) is 105 Å². The molecule has 2 atom stereocenters. The van der Waals surface area contributed by atoms with Gasteiger partial charge in [-0.15, -0.1) is 0 Å². The monoisotopic (exact) mass is 628 g/mol. The molecule has 2 aliphatic rings. The minimum absolute atomic E-state index is 0.0215. The second-order valence-corrected chi connectivity index (χ2v) is 11.6. The van der Waals surface area contributed by atoms with Crippen molar-refractivity contribution < 1.29 is 23.8 Å². The van der Waals surface area contributed by atoms with E-state index in [9.17, 15) is 14.4 Å². The first-order chi connectivity index (χ1) is 21.8. The second-order valence-electron chi connectivity index (χ2n) is 11.2. The number of pyridine rings is 1. The summed E-state index contributed by atoms with van der Waals surface area (Å²) in [4.78, 5) is 41.8. The van der Waals surface area contributed by atoms with Crippen molar-refractivity contribution >= 4 is 40.5 Å². The first kappa shape index (κ1) is 30.1. The molecule has 2 aliphatic heterocycles. The van der Waals surface area contributed by atoms with Gasteiger partial charge in [0, 0.05) is 54.5 Å². The summed E-state index contributed by atoms with van der Waals surface area (Å²) in [6.45, 7) is 2.01. The van der Waals surface area contributed by atoms with Gasteiger partial charge in [0.05, 0.1) is 43.4 Å². The number of fused-ring (bicyclic) bond motifs is 4. The number of piperidine rings is 1. The van der Waals surface area contributed by atoms with Crippen molar-refractivity contribution in [2.24, 2.45) is 5.92 Å². The van der Waals surface area contributed by atoms with E-state index in [4.69, 9.17) is 25.8 Å². The van der Waals surface area contributed by atoms with Crippen LogP contribution >= 0.6 is 11.6 Å². The number of carbonyl (C=O) groups is 2. The zero-order chi connectivity index (χ0) is 31.7. The van der Waals surface area contributed by atoms with Gasteiger partial charge in [0.25, 0.3) is 17.4 Å². The third-order valence-corrected chi connectivity index (χ3v) is 8.70. The van der Waals surface area contributed by atoms with E-state index in [1.807, 2.05) is 22.8 Å². The molecule has 1 fully saturated rings. The first-order valence-electron chi connectivity index (χ1n) is 14.5. The summed E-state index contributed by atoms with van der Waals surface area (Å²) < 4.78 is 17.8. The molecule has 45 heavy (non-hydrogen) atoms. The van der Waals surface area contributed by atoms with Gasteiger partial charge in [0.2, 0.25) is 0 Å². The molecule has 2 unspecified atom stereocenters. The van der Waals surface area contributed by atoms with Crippen LogP contribution in [0.25, 0.3) is 0 Å². The largest absolute Gasteiger partial charge is 0.497 e. The molecule has 0 aliphatic carbocycles. The molecule has 2 N–H and O–H groups in total. The fraction of sp³-hybridized carbons (Fsp3) is 0.265. The summed E-state index contributed by atoms with van der Waals surface area (Å²) in [6, 6.07) is 20.7. The lowest BCUT2D eigenvalue weighted by Gasteiger charge is -2.44. The molecule has 11 heteroatoms. The van der Waals surface area contributed by atoms with Gasteiger partial charge in [-0.2, -0.15) is 0 Å². The van der Waals surface area contributed by atoms with E-state index >= 15 is 0 Å². The van der Waals surface area contributed by atoms with Crippen LogP contribution in [0.1, 0.15) is 38.7 Å². The SMILES string of the molecule is COc1ccc(C(=O)Nc2cc(C(=O)Nc3cc(Cl)c(OC)cc3OC)ccc2N2CC3CC(C2)c2cccc(=O)n2C3)cc1. The normalized spacial score (nSPS) is 16.8. The molecule has 2 bridgehead atoms. The Hall–Kier alpha value is -4.96. The molecule has 6 rings (SSSR count). The number of anilines is 3. The number of amides is 2. The average Bonchev–Trinajstić information content (AvgIpc) is 3.05. The first-order valence-corrected chi connectivity index (χ1v) is 14.9. The number of methoxy groups -OCH3 is 3. The van der Waals surface area contributed by atoms with E-state index in [2.05, 4.69) is 15.5 Å². The van der Waals surface area contributed by atoms with Crippen LogP contribution in [0.3, 0.4) is 0 Å². The number of halogens is 1. The summed E-state index contributed by atoms with van der Waals surface area (Å²) in [5, 5.41) is 6.22. The third kappa shape index (κ3) is 6.06. The van der Waals surface area contributed by atoms with Crippen LogP contribution in [0.15, 0.2) is 77.6 Å². The number of rotatable bonds is 8. The predicted molar refractivity (Wildman–Crippen MR) is 174 cm³/mol. The van der Waals surface area contributed by atoms with E-state index in [-0.39, 0.29) is 23.3 Å².